The van der Waals surface area contributed by atoms with Crippen LogP contribution >= 0.6 is 12.4 Å². The maximum atomic E-state index is 11.6. The Balaban J connectivity index is 0.00000288. The van der Waals surface area contributed by atoms with Crippen molar-refractivity contribution >= 4 is 29.3 Å². The summed E-state index contributed by atoms with van der Waals surface area (Å²) in [6.07, 6.45) is 0.0191. The van der Waals surface area contributed by atoms with Gasteiger partial charge in [-0.05, 0) is 30.7 Å². The number of pyridine rings is 1. The van der Waals surface area contributed by atoms with Gasteiger partial charge in [0, 0.05) is 24.4 Å². The minimum absolute atomic E-state index is 0. The molecule has 1 heterocycles. The second-order valence-corrected chi connectivity index (χ2v) is 5.38. The minimum atomic E-state index is -0.736. The average Bonchev–Trinajstić information content (AvgIpc) is 2.52. The Morgan fingerprint density at radius 3 is 2.58 bits per heavy atom. The van der Waals surface area contributed by atoms with Crippen LogP contribution in [0.4, 0.5) is 0 Å². The number of rotatable bonds is 6. The molecule has 0 spiro atoms. The fraction of sp³-hybridized carbons (Fsp3) is 0.412. The Kier molecular flexibility index (Phi) is 7.41. The van der Waals surface area contributed by atoms with Gasteiger partial charge < -0.3 is 20.1 Å². The minimum Gasteiger partial charge on any atom is -0.424 e. The first-order valence-corrected chi connectivity index (χ1v) is 7.73. The summed E-state index contributed by atoms with van der Waals surface area (Å²) in [5, 5.41) is 14.6. The number of esters is 1. The zero-order valence-electron chi connectivity index (χ0n) is 14.0. The Morgan fingerprint density at radius 2 is 2.00 bits per heavy atom. The lowest BCUT2D eigenvalue weighted by Crippen LogP contribution is -2.34. The first kappa shape index (κ1) is 20.2. The number of hydrogen-bond acceptors (Lipinski definition) is 5. The van der Waals surface area contributed by atoms with Crippen LogP contribution in [0.3, 0.4) is 0 Å². The predicted octanol–water partition coefficient (Wildman–Crippen LogP) is 2.30. The van der Waals surface area contributed by atoms with Crippen LogP contribution in [0.5, 0.6) is 5.75 Å². The van der Waals surface area contributed by atoms with Crippen LogP contribution < -0.4 is 15.6 Å². The van der Waals surface area contributed by atoms with Gasteiger partial charge in [0.25, 0.3) is 0 Å². The molecule has 2 atom stereocenters. The molecule has 0 radical (unpaired) electrons. The molecule has 0 aliphatic heterocycles. The van der Waals surface area contributed by atoms with Crippen LogP contribution in [0.1, 0.15) is 38.9 Å². The quantitative estimate of drug-likeness (QED) is 0.547. The third-order valence-electron chi connectivity index (χ3n) is 3.75. The second-order valence-electron chi connectivity index (χ2n) is 5.38. The molecular weight excluding hydrogens is 332 g/mol. The van der Waals surface area contributed by atoms with Crippen molar-refractivity contribution < 1.29 is 14.6 Å². The Hall–Kier alpha value is -1.89. The molecule has 2 aromatic rings. The fourth-order valence-corrected chi connectivity index (χ4v) is 2.70. The highest BCUT2D eigenvalue weighted by atomic mass is 35.5. The molecule has 132 valence electrons. The topological polar surface area (TPSA) is 91.4 Å². The molecule has 2 rings (SSSR count). The summed E-state index contributed by atoms with van der Waals surface area (Å²) in [6.45, 7) is 6.02. The first-order valence-electron chi connectivity index (χ1n) is 7.73. The summed E-state index contributed by atoms with van der Waals surface area (Å²) < 4.78 is 5.15. The number of halogens is 1. The lowest BCUT2D eigenvalue weighted by atomic mass is 9.96. The molecule has 7 heteroatoms. The van der Waals surface area contributed by atoms with E-state index in [9.17, 15) is 14.7 Å². The number of hydrogen-bond donors (Lipinski definition) is 3. The highest BCUT2D eigenvalue weighted by molar-refractivity contribution is 5.89. The van der Waals surface area contributed by atoms with E-state index in [0.717, 1.165) is 13.0 Å². The number of likely N-dealkylation sites (N-methyl/N-ethyl adjacent to an activating group) is 1. The van der Waals surface area contributed by atoms with Crippen LogP contribution in [-0.2, 0) is 4.79 Å². The number of fused-ring (bicyclic) bond motifs is 1. The lowest BCUT2D eigenvalue weighted by Gasteiger charge is -2.24. The van der Waals surface area contributed by atoms with E-state index >= 15 is 0 Å². The maximum absolute atomic E-state index is 11.6. The van der Waals surface area contributed by atoms with E-state index in [4.69, 9.17) is 4.74 Å². The largest absolute Gasteiger partial charge is 0.424 e. The van der Waals surface area contributed by atoms with Gasteiger partial charge in [-0.1, -0.05) is 19.9 Å². The van der Waals surface area contributed by atoms with Crippen molar-refractivity contribution in [2.24, 2.45) is 0 Å². The van der Waals surface area contributed by atoms with E-state index in [1.807, 2.05) is 13.8 Å². The van der Waals surface area contributed by atoms with Gasteiger partial charge in [0.1, 0.15) is 0 Å². The lowest BCUT2D eigenvalue weighted by molar-refractivity contribution is -0.131. The second kappa shape index (κ2) is 8.82. The van der Waals surface area contributed by atoms with Gasteiger partial charge in [-0.3, -0.25) is 9.59 Å². The summed E-state index contributed by atoms with van der Waals surface area (Å²) in [5.41, 5.74) is 0.798. The molecule has 1 aromatic carbocycles. The smallest absolute Gasteiger partial charge is 0.308 e. The van der Waals surface area contributed by atoms with Crippen LogP contribution in [0.25, 0.3) is 10.9 Å². The number of carbonyl (C=O) groups is 1. The highest BCUT2D eigenvalue weighted by Gasteiger charge is 2.22. The van der Waals surface area contributed by atoms with E-state index in [1.165, 1.54) is 13.0 Å². The Morgan fingerprint density at radius 1 is 1.29 bits per heavy atom. The number of H-pyrrole nitrogens is 1. The third kappa shape index (κ3) is 4.35. The fourth-order valence-electron chi connectivity index (χ4n) is 2.70. The number of aliphatic hydroxyl groups is 1. The number of aromatic amines is 1. The average molecular weight is 355 g/mol. The van der Waals surface area contributed by atoms with Gasteiger partial charge in [-0.2, -0.15) is 0 Å². The molecule has 0 amide bonds. The molecule has 6 nitrogen and oxygen atoms in total. The van der Waals surface area contributed by atoms with Gasteiger partial charge in [-0.25, -0.2) is 0 Å². The SMILES string of the molecule is CCNC(CC)C(O)c1ccc(OC(C)=O)c2[nH]c(=O)ccc12.Cl. The molecule has 0 bridgehead atoms. The van der Waals surface area contributed by atoms with E-state index in [2.05, 4.69) is 10.3 Å². The van der Waals surface area contributed by atoms with Crippen molar-refractivity contribution in [3.63, 3.8) is 0 Å². The normalized spacial score (nSPS) is 13.2. The maximum Gasteiger partial charge on any atom is 0.308 e. The zero-order valence-corrected chi connectivity index (χ0v) is 14.8. The molecule has 3 N–H and O–H groups in total. The molecule has 1 aromatic heterocycles. The van der Waals surface area contributed by atoms with Gasteiger partial charge in [0.15, 0.2) is 5.75 Å². The van der Waals surface area contributed by atoms with E-state index < -0.39 is 12.1 Å². The molecule has 0 saturated heterocycles. The highest BCUT2D eigenvalue weighted by Crippen LogP contribution is 2.31. The molecule has 24 heavy (non-hydrogen) atoms. The van der Waals surface area contributed by atoms with Gasteiger partial charge in [0.05, 0.1) is 11.6 Å². The van der Waals surface area contributed by atoms with Crippen LogP contribution in [0, 0.1) is 0 Å². The van der Waals surface area contributed by atoms with Gasteiger partial charge in [0.2, 0.25) is 5.56 Å². The number of benzene rings is 1. The van der Waals surface area contributed by atoms with Crippen LogP contribution in [0.2, 0.25) is 0 Å². The number of aromatic nitrogens is 1. The van der Waals surface area contributed by atoms with E-state index in [-0.39, 0.29) is 29.8 Å². The molecule has 0 fully saturated rings. The van der Waals surface area contributed by atoms with Crippen molar-refractivity contribution in [1.82, 2.24) is 10.3 Å². The molecule has 2 unspecified atom stereocenters. The number of nitrogens with one attached hydrogen (secondary N) is 2. The Labute approximate surface area is 146 Å². The summed E-state index contributed by atoms with van der Waals surface area (Å²) in [4.78, 5) is 25.5. The van der Waals surface area contributed by atoms with Gasteiger partial charge in [-0.15, -0.1) is 12.4 Å². The van der Waals surface area contributed by atoms with Crippen molar-refractivity contribution in [3.05, 3.63) is 40.2 Å². The number of carbonyl (C=O) groups excluding carboxylic acids is 1. The van der Waals surface area contributed by atoms with Gasteiger partial charge >= 0.3 is 5.97 Å². The van der Waals surface area contributed by atoms with E-state index in [0.29, 0.717) is 16.5 Å². The van der Waals surface area contributed by atoms with E-state index in [1.54, 1.807) is 18.2 Å². The predicted molar refractivity (Wildman–Crippen MR) is 95.8 cm³/mol. The first-order chi connectivity index (χ1) is 11.0. The summed E-state index contributed by atoms with van der Waals surface area (Å²) in [5.74, 6) is -0.193. The summed E-state index contributed by atoms with van der Waals surface area (Å²) >= 11 is 0. The monoisotopic (exact) mass is 354 g/mol. The third-order valence-corrected chi connectivity index (χ3v) is 3.75. The van der Waals surface area contributed by atoms with Crippen molar-refractivity contribution in [2.75, 3.05) is 6.54 Å². The van der Waals surface area contributed by atoms with Crippen molar-refractivity contribution in [2.45, 2.75) is 39.3 Å². The Bertz CT molecular complexity index is 760. The molecule has 0 aliphatic carbocycles. The standard InChI is InChI=1S/C17H22N2O4.ClH/c1-4-13(18-5-2)17(22)12-6-8-14(23-10(3)20)16-11(12)7-9-15(21)19-16;/h6-9,13,17-18,22H,4-5H2,1-3H3,(H,19,21);1H. The number of aliphatic hydroxyl groups excluding tert-OH is 1. The number of ether oxygens (including phenoxy) is 1. The summed E-state index contributed by atoms with van der Waals surface area (Å²) in [6, 6.07) is 6.25. The summed E-state index contributed by atoms with van der Waals surface area (Å²) in [7, 11) is 0. The van der Waals surface area contributed by atoms with Crippen molar-refractivity contribution in [1.29, 1.82) is 0 Å². The van der Waals surface area contributed by atoms with Crippen LogP contribution in [-0.4, -0.2) is 28.6 Å². The van der Waals surface area contributed by atoms with Crippen molar-refractivity contribution in [3.8, 4) is 5.75 Å². The molecule has 0 saturated carbocycles. The molecular formula is C17H23ClN2O4. The zero-order chi connectivity index (χ0) is 17.0. The van der Waals surface area contributed by atoms with Crippen LogP contribution in [0.15, 0.2) is 29.1 Å². The molecule has 0 aliphatic rings.